The van der Waals surface area contributed by atoms with Gasteiger partial charge in [-0.25, -0.2) is 0 Å². The standard InChI is InChI=1S/C20H44O2Si/c1-5-9-10-11-12-13-14-15-16-17-18-19-20-23(8-4,21-6-2)22-7-3/h5-20H2,1-4H3. The third kappa shape index (κ3) is 13.1. The normalized spacial score (nSPS) is 12.0. The van der Waals surface area contributed by atoms with E-state index < -0.39 is 8.56 Å². The summed E-state index contributed by atoms with van der Waals surface area (Å²) in [4.78, 5) is 0. The minimum Gasteiger partial charge on any atom is -0.394 e. The van der Waals surface area contributed by atoms with Crippen molar-refractivity contribution in [3.8, 4) is 0 Å². The lowest BCUT2D eigenvalue weighted by Crippen LogP contribution is -2.41. The molecule has 0 N–H and O–H groups in total. The fraction of sp³-hybridized carbons (Fsp3) is 1.00. The van der Waals surface area contributed by atoms with Crippen LogP contribution in [0.15, 0.2) is 0 Å². The molecule has 140 valence electrons. The van der Waals surface area contributed by atoms with Gasteiger partial charge in [-0.3, -0.25) is 0 Å². The van der Waals surface area contributed by atoms with Crippen LogP contribution in [0.1, 0.15) is 105 Å². The molecule has 0 aromatic rings. The minimum atomic E-state index is -1.87. The third-order valence-corrected chi connectivity index (χ3v) is 8.59. The second-order valence-electron chi connectivity index (χ2n) is 6.77. The zero-order valence-electron chi connectivity index (χ0n) is 16.6. The summed E-state index contributed by atoms with van der Waals surface area (Å²) < 4.78 is 12.1. The van der Waals surface area contributed by atoms with E-state index in [9.17, 15) is 0 Å². The molecule has 0 aliphatic rings. The van der Waals surface area contributed by atoms with Gasteiger partial charge in [-0.1, -0.05) is 90.9 Å². The molecule has 0 atom stereocenters. The summed E-state index contributed by atoms with van der Waals surface area (Å²) in [5.74, 6) is 0. The molecule has 0 unspecified atom stereocenters. The topological polar surface area (TPSA) is 18.5 Å². The Morgan fingerprint density at radius 3 is 1.26 bits per heavy atom. The second kappa shape index (κ2) is 17.0. The van der Waals surface area contributed by atoms with E-state index in [4.69, 9.17) is 8.85 Å². The zero-order valence-corrected chi connectivity index (χ0v) is 17.6. The highest BCUT2D eigenvalue weighted by Gasteiger charge is 2.33. The summed E-state index contributed by atoms with van der Waals surface area (Å²) in [6.07, 6.45) is 16.9. The number of hydrogen-bond acceptors (Lipinski definition) is 2. The van der Waals surface area contributed by atoms with Crippen molar-refractivity contribution >= 4 is 8.56 Å². The van der Waals surface area contributed by atoms with Crippen LogP contribution >= 0.6 is 0 Å². The molecule has 3 heteroatoms. The van der Waals surface area contributed by atoms with Gasteiger partial charge in [0.1, 0.15) is 0 Å². The molecule has 0 aliphatic heterocycles. The molecule has 0 amide bonds. The minimum absolute atomic E-state index is 0.804. The van der Waals surface area contributed by atoms with Gasteiger partial charge in [-0.2, -0.15) is 0 Å². The van der Waals surface area contributed by atoms with Crippen molar-refractivity contribution in [3.63, 3.8) is 0 Å². The fourth-order valence-electron chi connectivity index (χ4n) is 3.33. The van der Waals surface area contributed by atoms with E-state index >= 15 is 0 Å². The summed E-state index contributed by atoms with van der Waals surface area (Å²) in [5, 5.41) is 0. The highest BCUT2D eigenvalue weighted by Crippen LogP contribution is 2.23. The molecular formula is C20H44O2Si. The Morgan fingerprint density at radius 1 is 0.522 bits per heavy atom. The van der Waals surface area contributed by atoms with E-state index in [2.05, 4.69) is 27.7 Å². The van der Waals surface area contributed by atoms with Crippen LogP contribution in [-0.4, -0.2) is 21.8 Å². The Balaban J connectivity index is 3.49. The summed E-state index contributed by atoms with van der Waals surface area (Å²) >= 11 is 0. The van der Waals surface area contributed by atoms with E-state index in [-0.39, 0.29) is 0 Å². The first kappa shape index (κ1) is 23.1. The lowest BCUT2D eigenvalue weighted by molar-refractivity contribution is 0.182. The van der Waals surface area contributed by atoms with Crippen molar-refractivity contribution in [3.05, 3.63) is 0 Å². The molecule has 0 heterocycles. The van der Waals surface area contributed by atoms with Crippen molar-refractivity contribution in [1.29, 1.82) is 0 Å². The smallest absolute Gasteiger partial charge is 0.337 e. The van der Waals surface area contributed by atoms with Crippen LogP contribution in [0.4, 0.5) is 0 Å². The Labute approximate surface area is 148 Å². The number of rotatable bonds is 18. The Bertz CT molecular complexity index is 228. The summed E-state index contributed by atoms with van der Waals surface area (Å²) in [5.41, 5.74) is 0. The monoisotopic (exact) mass is 344 g/mol. The van der Waals surface area contributed by atoms with Crippen LogP contribution < -0.4 is 0 Å². The Kier molecular flexibility index (Phi) is 17.1. The Morgan fingerprint density at radius 2 is 0.913 bits per heavy atom. The molecule has 0 aliphatic carbocycles. The largest absolute Gasteiger partial charge is 0.394 e. The summed E-state index contributed by atoms with van der Waals surface area (Å²) in [6.45, 7) is 10.3. The van der Waals surface area contributed by atoms with Gasteiger partial charge in [-0.15, -0.1) is 0 Å². The highest BCUT2D eigenvalue weighted by molar-refractivity contribution is 6.67. The van der Waals surface area contributed by atoms with Crippen LogP contribution in [0.3, 0.4) is 0 Å². The van der Waals surface area contributed by atoms with Crippen molar-refractivity contribution < 1.29 is 8.85 Å². The van der Waals surface area contributed by atoms with Crippen molar-refractivity contribution in [2.75, 3.05) is 13.2 Å². The molecule has 0 saturated heterocycles. The Hall–Kier alpha value is 0.137. The van der Waals surface area contributed by atoms with Gasteiger partial charge in [0, 0.05) is 13.2 Å². The molecule has 0 saturated carbocycles. The maximum Gasteiger partial charge on any atom is 0.337 e. The fourth-order valence-corrected chi connectivity index (χ4v) is 6.30. The van der Waals surface area contributed by atoms with Crippen molar-refractivity contribution in [2.24, 2.45) is 0 Å². The molecule has 0 spiro atoms. The number of hydrogen-bond donors (Lipinski definition) is 0. The van der Waals surface area contributed by atoms with E-state index in [0.717, 1.165) is 19.3 Å². The van der Waals surface area contributed by atoms with E-state index in [1.807, 2.05) is 0 Å². The van der Waals surface area contributed by atoms with Crippen LogP contribution in [-0.2, 0) is 8.85 Å². The van der Waals surface area contributed by atoms with Crippen LogP contribution in [0, 0.1) is 0 Å². The first-order chi connectivity index (χ1) is 11.2. The summed E-state index contributed by atoms with van der Waals surface area (Å²) in [6, 6.07) is 2.27. The SMILES string of the molecule is CCCCCCCCCCCCCC[Si](CC)(OCC)OCC. The highest BCUT2D eigenvalue weighted by atomic mass is 28.4. The van der Waals surface area contributed by atoms with Crippen molar-refractivity contribution in [2.45, 2.75) is 117 Å². The average molecular weight is 345 g/mol. The maximum atomic E-state index is 6.04. The van der Waals surface area contributed by atoms with Gasteiger partial charge in [0.2, 0.25) is 0 Å². The first-order valence-electron chi connectivity index (χ1n) is 10.5. The molecule has 0 aromatic carbocycles. The lowest BCUT2D eigenvalue weighted by Gasteiger charge is -2.28. The molecule has 0 radical (unpaired) electrons. The van der Waals surface area contributed by atoms with Gasteiger partial charge >= 0.3 is 8.56 Å². The maximum absolute atomic E-state index is 6.04. The van der Waals surface area contributed by atoms with Gasteiger partial charge < -0.3 is 8.85 Å². The predicted molar refractivity (Wildman–Crippen MR) is 105 cm³/mol. The lowest BCUT2D eigenvalue weighted by atomic mass is 10.1. The van der Waals surface area contributed by atoms with Crippen LogP contribution in [0.5, 0.6) is 0 Å². The molecule has 2 nitrogen and oxygen atoms in total. The first-order valence-corrected chi connectivity index (χ1v) is 12.8. The molecule has 0 rings (SSSR count). The third-order valence-electron chi connectivity index (χ3n) is 4.76. The molecule has 0 bridgehead atoms. The van der Waals surface area contributed by atoms with Gasteiger partial charge in [0.05, 0.1) is 0 Å². The van der Waals surface area contributed by atoms with Gasteiger partial charge in [-0.05, 0) is 25.9 Å². The molecule has 0 aromatic heterocycles. The molecular weight excluding hydrogens is 300 g/mol. The quantitative estimate of drug-likeness (QED) is 0.193. The molecule has 0 fully saturated rings. The van der Waals surface area contributed by atoms with Gasteiger partial charge in [0.15, 0.2) is 0 Å². The van der Waals surface area contributed by atoms with Crippen molar-refractivity contribution in [1.82, 2.24) is 0 Å². The number of unbranched alkanes of at least 4 members (excludes halogenated alkanes) is 11. The summed E-state index contributed by atoms with van der Waals surface area (Å²) in [7, 11) is -1.87. The average Bonchev–Trinajstić information content (AvgIpc) is 2.56. The molecule has 23 heavy (non-hydrogen) atoms. The van der Waals surface area contributed by atoms with Crippen LogP contribution in [0.25, 0.3) is 0 Å². The second-order valence-corrected chi connectivity index (χ2v) is 10.4. The predicted octanol–water partition coefficient (Wildman–Crippen LogP) is 7.22. The van der Waals surface area contributed by atoms with E-state index in [1.165, 1.54) is 83.1 Å². The van der Waals surface area contributed by atoms with Gasteiger partial charge in [0.25, 0.3) is 0 Å². The van der Waals surface area contributed by atoms with E-state index in [0.29, 0.717) is 0 Å². The van der Waals surface area contributed by atoms with E-state index in [1.54, 1.807) is 0 Å². The van der Waals surface area contributed by atoms with Crippen LogP contribution in [0.2, 0.25) is 12.1 Å². The zero-order chi connectivity index (χ0) is 17.2.